The van der Waals surface area contributed by atoms with Crippen LogP contribution in [0, 0.1) is 0 Å². The minimum absolute atomic E-state index is 0.316. The normalized spacial score (nSPS) is 15.1. The van der Waals surface area contributed by atoms with Gasteiger partial charge in [0.15, 0.2) is 0 Å². The molecule has 0 saturated heterocycles. The Balaban J connectivity index is 1.83. The molecule has 1 aromatic carbocycles. The van der Waals surface area contributed by atoms with Gasteiger partial charge in [-0.15, -0.1) is 0 Å². The van der Waals surface area contributed by atoms with Gasteiger partial charge in [0.2, 0.25) is 6.41 Å². The van der Waals surface area contributed by atoms with Crippen LogP contribution in [0.4, 0.5) is 0 Å². The maximum absolute atomic E-state index is 10.6. The van der Waals surface area contributed by atoms with Gasteiger partial charge in [0.1, 0.15) is 6.61 Å². The number of amides is 1. The monoisotopic (exact) mass is 191 g/mol. The van der Waals surface area contributed by atoms with Crippen molar-refractivity contribution in [3.05, 3.63) is 35.9 Å². The molecule has 1 saturated carbocycles. The molecule has 0 unspecified atom stereocenters. The largest absolute Gasteiger partial charge is 0.276 e. The summed E-state index contributed by atoms with van der Waals surface area (Å²) >= 11 is 0. The third-order valence-corrected chi connectivity index (χ3v) is 2.23. The van der Waals surface area contributed by atoms with E-state index in [4.69, 9.17) is 4.84 Å². The van der Waals surface area contributed by atoms with Crippen molar-refractivity contribution in [1.82, 2.24) is 5.06 Å². The molecule has 1 aliphatic rings. The molecular formula is C11H13NO2. The van der Waals surface area contributed by atoms with Gasteiger partial charge in [-0.3, -0.25) is 9.63 Å². The number of carbonyl (C=O) groups excluding carboxylic acids is 1. The highest BCUT2D eigenvalue weighted by molar-refractivity contribution is 5.46. The summed E-state index contributed by atoms with van der Waals surface area (Å²) in [6.45, 7) is 0.468. The van der Waals surface area contributed by atoms with Gasteiger partial charge < -0.3 is 0 Å². The molecule has 1 amide bonds. The fourth-order valence-corrected chi connectivity index (χ4v) is 1.27. The quantitative estimate of drug-likeness (QED) is 0.524. The summed E-state index contributed by atoms with van der Waals surface area (Å²) in [5, 5.41) is 1.42. The molecule has 0 aromatic heterocycles. The van der Waals surface area contributed by atoms with E-state index in [0.29, 0.717) is 12.6 Å². The molecule has 0 atom stereocenters. The van der Waals surface area contributed by atoms with Gasteiger partial charge in [-0.25, -0.2) is 5.06 Å². The smallest absolute Gasteiger partial charge is 0.233 e. The minimum Gasteiger partial charge on any atom is -0.276 e. The number of benzene rings is 1. The zero-order valence-corrected chi connectivity index (χ0v) is 7.93. The molecule has 14 heavy (non-hydrogen) atoms. The summed E-state index contributed by atoms with van der Waals surface area (Å²) in [6, 6.07) is 10.2. The Morgan fingerprint density at radius 2 is 2.07 bits per heavy atom. The molecule has 1 aromatic rings. The second kappa shape index (κ2) is 4.24. The van der Waals surface area contributed by atoms with Gasteiger partial charge in [0.05, 0.1) is 6.04 Å². The van der Waals surface area contributed by atoms with Gasteiger partial charge in [0, 0.05) is 0 Å². The number of hydroxylamine groups is 2. The van der Waals surface area contributed by atoms with Crippen LogP contribution in [0.5, 0.6) is 0 Å². The maximum Gasteiger partial charge on any atom is 0.233 e. The van der Waals surface area contributed by atoms with Crippen LogP contribution in [0.3, 0.4) is 0 Å². The van der Waals surface area contributed by atoms with Crippen LogP contribution in [0.25, 0.3) is 0 Å². The first-order chi connectivity index (χ1) is 6.90. The predicted octanol–water partition coefficient (Wildman–Crippen LogP) is 1.74. The van der Waals surface area contributed by atoms with Crippen LogP contribution in [0.2, 0.25) is 0 Å². The van der Waals surface area contributed by atoms with Gasteiger partial charge in [-0.05, 0) is 18.4 Å². The number of carbonyl (C=O) groups is 1. The first kappa shape index (κ1) is 9.21. The van der Waals surface area contributed by atoms with Crippen LogP contribution in [-0.4, -0.2) is 17.5 Å². The Kier molecular flexibility index (Phi) is 2.79. The molecule has 0 aliphatic heterocycles. The average molecular weight is 191 g/mol. The number of hydrogen-bond acceptors (Lipinski definition) is 2. The van der Waals surface area contributed by atoms with E-state index in [1.54, 1.807) is 0 Å². The fraction of sp³-hybridized carbons (Fsp3) is 0.364. The standard InChI is InChI=1S/C11H13NO2/c13-9-12(11-6-7-11)14-8-10-4-2-1-3-5-10/h1-5,9,11H,6-8H2. The molecule has 0 radical (unpaired) electrons. The van der Waals surface area contributed by atoms with Crippen molar-refractivity contribution in [3.8, 4) is 0 Å². The summed E-state index contributed by atoms with van der Waals surface area (Å²) in [7, 11) is 0. The second-order valence-corrected chi connectivity index (χ2v) is 3.46. The fourth-order valence-electron chi connectivity index (χ4n) is 1.27. The van der Waals surface area contributed by atoms with Crippen molar-refractivity contribution >= 4 is 6.41 Å². The van der Waals surface area contributed by atoms with E-state index in [9.17, 15) is 4.79 Å². The van der Waals surface area contributed by atoms with Crippen molar-refractivity contribution in [2.75, 3.05) is 0 Å². The van der Waals surface area contributed by atoms with Gasteiger partial charge in [-0.2, -0.15) is 0 Å². The van der Waals surface area contributed by atoms with E-state index in [-0.39, 0.29) is 0 Å². The topological polar surface area (TPSA) is 29.5 Å². The van der Waals surface area contributed by atoms with Gasteiger partial charge in [-0.1, -0.05) is 30.3 Å². The minimum atomic E-state index is 0.316. The molecule has 0 heterocycles. The highest BCUT2D eigenvalue weighted by Crippen LogP contribution is 2.26. The molecule has 0 bridgehead atoms. The SMILES string of the molecule is O=CN(OCc1ccccc1)C1CC1. The molecular weight excluding hydrogens is 178 g/mol. The van der Waals surface area contributed by atoms with Gasteiger partial charge >= 0.3 is 0 Å². The lowest BCUT2D eigenvalue weighted by atomic mass is 10.2. The number of hydrogen-bond donors (Lipinski definition) is 0. The van der Waals surface area contributed by atoms with Crippen molar-refractivity contribution in [2.24, 2.45) is 0 Å². The predicted molar refractivity (Wildman–Crippen MR) is 52.2 cm³/mol. The number of rotatable bonds is 5. The van der Waals surface area contributed by atoms with E-state index in [1.807, 2.05) is 30.3 Å². The Morgan fingerprint density at radius 3 is 2.64 bits per heavy atom. The second-order valence-electron chi connectivity index (χ2n) is 3.46. The number of nitrogens with zero attached hydrogens (tertiary/aromatic N) is 1. The molecule has 0 spiro atoms. The van der Waals surface area contributed by atoms with Crippen LogP contribution >= 0.6 is 0 Å². The van der Waals surface area contributed by atoms with Crippen molar-refractivity contribution in [3.63, 3.8) is 0 Å². The lowest BCUT2D eigenvalue weighted by molar-refractivity contribution is -0.181. The Hall–Kier alpha value is -1.35. The van der Waals surface area contributed by atoms with E-state index in [1.165, 1.54) is 5.06 Å². The summed E-state index contributed by atoms with van der Waals surface area (Å²) < 4.78 is 0. The highest BCUT2D eigenvalue weighted by Gasteiger charge is 2.29. The first-order valence-corrected chi connectivity index (χ1v) is 4.80. The molecule has 3 heteroatoms. The van der Waals surface area contributed by atoms with E-state index >= 15 is 0 Å². The van der Waals surface area contributed by atoms with Crippen molar-refractivity contribution < 1.29 is 9.63 Å². The van der Waals surface area contributed by atoms with Crippen LogP contribution in [0.15, 0.2) is 30.3 Å². The summed E-state index contributed by atoms with van der Waals surface area (Å²) in [5.41, 5.74) is 1.08. The molecule has 2 rings (SSSR count). The lowest BCUT2D eigenvalue weighted by Crippen LogP contribution is -2.24. The van der Waals surface area contributed by atoms with Crippen molar-refractivity contribution in [2.45, 2.75) is 25.5 Å². The lowest BCUT2D eigenvalue weighted by Gasteiger charge is -2.15. The van der Waals surface area contributed by atoms with Crippen LogP contribution < -0.4 is 0 Å². The summed E-state index contributed by atoms with van der Waals surface area (Å²) in [4.78, 5) is 16.0. The molecule has 1 aliphatic carbocycles. The third kappa shape index (κ3) is 2.33. The molecule has 0 N–H and O–H groups in total. The molecule has 1 fully saturated rings. The Bertz CT molecular complexity index is 295. The zero-order valence-electron chi connectivity index (χ0n) is 7.93. The summed E-state index contributed by atoms with van der Waals surface area (Å²) in [6.07, 6.45) is 2.89. The van der Waals surface area contributed by atoms with Crippen LogP contribution in [0.1, 0.15) is 18.4 Å². The van der Waals surface area contributed by atoms with E-state index < -0.39 is 0 Å². The zero-order chi connectivity index (χ0) is 9.80. The average Bonchev–Trinajstić information content (AvgIpc) is 3.05. The third-order valence-electron chi connectivity index (χ3n) is 2.23. The highest BCUT2D eigenvalue weighted by atomic mass is 16.7. The summed E-state index contributed by atoms with van der Waals surface area (Å²) in [5.74, 6) is 0. The van der Waals surface area contributed by atoms with Gasteiger partial charge in [0.25, 0.3) is 0 Å². The van der Waals surface area contributed by atoms with E-state index in [0.717, 1.165) is 24.8 Å². The van der Waals surface area contributed by atoms with Crippen LogP contribution in [-0.2, 0) is 16.2 Å². The maximum atomic E-state index is 10.6. The first-order valence-electron chi connectivity index (χ1n) is 4.80. The molecule has 3 nitrogen and oxygen atoms in total. The van der Waals surface area contributed by atoms with E-state index in [2.05, 4.69) is 0 Å². The Morgan fingerprint density at radius 1 is 1.36 bits per heavy atom. The molecule has 74 valence electrons. The Labute approximate surface area is 83.2 Å². The van der Waals surface area contributed by atoms with Crippen molar-refractivity contribution in [1.29, 1.82) is 0 Å².